The highest BCUT2D eigenvalue weighted by molar-refractivity contribution is 6.71. The molecule has 1 atom stereocenters. The van der Waals surface area contributed by atoms with Crippen molar-refractivity contribution in [2.75, 3.05) is 6.61 Å². The minimum Gasteiger partial charge on any atom is -0.417 e. The van der Waals surface area contributed by atoms with Crippen LogP contribution in [0.2, 0.25) is 19.1 Å². The molecular weight excluding hydrogens is 260 g/mol. The summed E-state index contributed by atoms with van der Waals surface area (Å²) in [5, 5.41) is 0. The summed E-state index contributed by atoms with van der Waals surface area (Å²) in [6.45, 7) is 12.7. The van der Waals surface area contributed by atoms with Crippen LogP contribution < -0.4 is 0 Å². The molecule has 0 saturated heterocycles. The van der Waals surface area contributed by atoms with E-state index in [1.54, 1.807) is 0 Å². The van der Waals surface area contributed by atoms with Crippen molar-refractivity contribution in [2.45, 2.75) is 104 Å². The van der Waals surface area contributed by atoms with Gasteiger partial charge in [-0.05, 0) is 31.5 Å². The summed E-state index contributed by atoms with van der Waals surface area (Å²) in [4.78, 5) is 0. The number of rotatable bonds is 14. The number of hydrogen-bond acceptors (Lipinski definition) is 1. The molecule has 0 aliphatic heterocycles. The fourth-order valence-electron chi connectivity index (χ4n) is 2.64. The fourth-order valence-corrected chi connectivity index (χ4v) is 4.58. The van der Waals surface area contributed by atoms with E-state index < -0.39 is 8.32 Å². The summed E-state index contributed by atoms with van der Waals surface area (Å²) in [7, 11) is -1.39. The first-order valence-electron chi connectivity index (χ1n) is 9.19. The van der Waals surface area contributed by atoms with Gasteiger partial charge in [0.1, 0.15) is 0 Å². The number of hydrogen-bond donors (Lipinski definition) is 0. The molecule has 0 aromatic carbocycles. The Hall–Kier alpha value is 0.177. The minimum atomic E-state index is -1.39. The van der Waals surface area contributed by atoms with Crippen molar-refractivity contribution in [3.8, 4) is 0 Å². The Balaban J connectivity index is 3.70. The predicted octanol–water partition coefficient (Wildman–Crippen LogP) is 6.79. The maximum atomic E-state index is 6.35. The molecule has 0 aromatic rings. The molecule has 1 unspecified atom stereocenters. The molecule has 0 rings (SSSR count). The van der Waals surface area contributed by atoms with Gasteiger partial charge in [-0.25, -0.2) is 0 Å². The van der Waals surface area contributed by atoms with E-state index in [9.17, 15) is 0 Å². The molecule has 0 aliphatic carbocycles. The molecule has 0 N–H and O–H groups in total. The van der Waals surface area contributed by atoms with Crippen LogP contribution in [0.15, 0.2) is 0 Å². The summed E-state index contributed by atoms with van der Waals surface area (Å²) < 4.78 is 6.35. The van der Waals surface area contributed by atoms with Gasteiger partial charge in [0.2, 0.25) is 0 Å². The van der Waals surface area contributed by atoms with E-state index in [-0.39, 0.29) is 0 Å². The molecule has 2 heteroatoms. The second-order valence-electron chi connectivity index (χ2n) is 7.00. The van der Waals surface area contributed by atoms with E-state index >= 15 is 0 Å². The Morgan fingerprint density at radius 2 is 1.40 bits per heavy atom. The van der Waals surface area contributed by atoms with Crippen LogP contribution in [0.1, 0.15) is 85.0 Å². The molecule has 0 saturated carbocycles. The van der Waals surface area contributed by atoms with Gasteiger partial charge in [-0.15, -0.1) is 0 Å². The van der Waals surface area contributed by atoms with Gasteiger partial charge in [0.15, 0.2) is 8.32 Å². The topological polar surface area (TPSA) is 9.23 Å². The Labute approximate surface area is 130 Å². The standard InChI is InChI=1S/C18H40OSi/c1-6-9-11-12-13-14-16-20(4,5)19-17-18(8-3)15-10-7-2/h18H,6-17H2,1-5H3. The second kappa shape index (κ2) is 12.9. The Kier molecular flexibility index (Phi) is 13.0. The molecule has 0 aliphatic rings. The molecule has 0 spiro atoms. The lowest BCUT2D eigenvalue weighted by Gasteiger charge is -2.26. The van der Waals surface area contributed by atoms with Crippen molar-refractivity contribution in [1.82, 2.24) is 0 Å². The lowest BCUT2D eigenvalue weighted by molar-refractivity contribution is 0.224. The molecular formula is C18H40OSi. The van der Waals surface area contributed by atoms with Crippen LogP contribution in [0.25, 0.3) is 0 Å². The zero-order valence-electron chi connectivity index (χ0n) is 15.0. The fraction of sp³-hybridized carbons (Fsp3) is 1.00. The Bertz CT molecular complexity index is 204. The lowest BCUT2D eigenvalue weighted by atomic mass is 10.0. The molecule has 1 nitrogen and oxygen atoms in total. The largest absolute Gasteiger partial charge is 0.417 e. The molecule has 122 valence electrons. The maximum absolute atomic E-state index is 6.35. The van der Waals surface area contributed by atoms with Crippen LogP contribution in [0.5, 0.6) is 0 Å². The third kappa shape index (κ3) is 12.0. The quantitative estimate of drug-likeness (QED) is 0.253. The van der Waals surface area contributed by atoms with E-state index in [0.29, 0.717) is 0 Å². The molecule has 0 fully saturated rings. The molecule has 0 bridgehead atoms. The van der Waals surface area contributed by atoms with E-state index in [0.717, 1.165) is 12.5 Å². The van der Waals surface area contributed by atoms with Gasteiger partial charge < -0.3 is 4.43 Å². The normalized spacial score (nSPS) is 13.7. The van der Waals surface area contributed by atoms with Gasteiger partial charge in [0.05, 0.1) is 0 Å². The first kappa shape index (κ1) is 20.2. The van der Waals surface area contributed by atoms with Gasteiger partial charge in [-0.3, -0.25) is 0 Å². The van der Waals surface area contributed by atoms with Crippen LogP contribution in [0.4, 0.5) is 0 Å². The monoisotopic (exact) mass is 300 g/mol. The summed E-state index contributed by atoms with van der Waals surface area (Å²) >= 11 is 0. The van der Waals surface area contributed by atoms with Gasteiger partial charge in [0, 0.05) is 6.61 Å². The smallest absolute Gasteiger partial charge is 0.186 e. The Morgan fingerprint density at radius 3 is 2.00 bits per heavy atom. The van der Waals surface area contributed by atoms with E-state index in [1.807, 2.05) is 0 Å². The lowest BCUT2D eigenvalue weighted by Crippen LogP contribution is -2.32. The second-order valence-corrected chi connectivity index (χ2v) is 11.3. The highest BCUT2D eigenvalue weighted by Crippen LogP contribution is 2.20. The zero-order chi connectivity index (χ0) is 15.3. The summed E-state index contributed by atoms with van der Waals surface area (Å²) in [6, 6.07) is 1.35. The van der Waals surface area contributed by atoms with Crippen LogP contribution in [-0.2, 0) is 4.43 Å². The van der Waals surface area contributed by atoms with Gasteiger partial charge in [-0.1, -0.05) is 78.6 Å². The first-order valence-corrected chi connectivity index (χ1v) is 12.3. The van der Waals surface area contributed by atoms with E-state index in [1.165, 1.54) is 70.3 Å². The summed E-state index contributed by atoms with van der Waals surface area (Å²) in [6.07, 6.45) is 13.7. The Morgan fingerprint density at radius 1 is 0.800 bits per heavy atom. The average Bonchev–Trinajstić information content (AvgIpc) is 2.43. The third-order valence-corrected chi connectivity index (χ3v) is 6.89. The van der Waals surface area contributed by atoms with Crippen LogP contribution >= 0.6 is 0 Å². The molecule has 0 heterocycles. The molecule has 20 heavy (non-hydrogen) atoms. The third-order valence-electron chi connectivity index (χ3n) is 4.39. The van der Waals surface area contributed by atoms with Crippen molar-refractivity contribution in [3.63, 3.8) is 0 Å². The van der Waals surface area contributed by atoms with Gasteiger partial charge in [-0.2, -0.15) is 0 Å². The molecule has 0 aromatic heterocycles. The molecule has 0 radical (unpaired) electrons. The number of unbranched alkanes of at least 4 members (excludes halogenated alkanes) is 6. The minimum absolute atomic E-state index is 0.797. The average molecular weight is 301 g/mol. The van der Waals surface area contributed by atoms with Crippen molar-refractivity contribution in [2.24, 2.45) is 5.92 Å². The first-order chi connectivity index (χ1) is 9.55. The predicted molar refractivity (Wildman–Crippen MR) is 94.9 cm³/mol. The van der Waals surface area contributed by atoms with E-state index in [4.69, 9.17) is 4.43 Å². The van der Waals surface area contributed by atoms with Gasteiger partial charge in [0.25, 0.3) is 0 Å². The van der Waals surface area contributed by atoms with Crippen LogP contribution in [-0.4, -0.2) is 14.9 Å². The maximum Gasteiger partial charge on any atom is 0.186 e. The van der Waals surface area contributed by atoms with Gasteiger partial charge >= 0.3 is 0 Å². The summed E-state index contributed by atoms with van der Waals surface area (Å²) in [5.74, 6) is 0.797. The highest BCUT2D eigenvalue weighted by atomic mass is 28.4. The molecule has 0 amide bonds. The van der Waals surface area contributed by atoms with Crippen molar-refractivity contribution in [3.05, 3.63) is 0 Å². The SMILES string of the molecule is CCCCCCCC[Si](C)(C)OCC(CC)CCCC. The van der Waals surface area contributed by atoms with Crippen LogP contribution in [0.3, 0.4) is 0 Å². The zero-order valence-corrected chi connectivity index (χ0v) is 16.0. The highest BCUT2D eigenvalue weighted by Gasteiger charge is 2.22. The van der Waals surface area contributed by atoms with Crippen molar-refractivity contribution >= 4 is 8.32 Å². The van der Waals surface area contributed by atoms with Crippen molar-refractivity contribution in [1.29, 1.82) is 0 Å². The summed E-state index contributed by atoms with van der Waals surface area (Å²) in [5.41, 5.74) is 0. The van der Waals surface area contributed by atoms with E-state index in [2.05, 4.69) is 33.9 Å². The van der Waals surface area contributed by atoms with Crippen LogP contribution in [0, 0.1) is 5.92 Å². The van der Waals surface area contributed by atoms with Crippen molar-refractivity contribution < 1.29 is 4.43 Å².